The van der Waals surface area contributed by atoms with Gasteiger partial charge >= 0.3 is 5.97 Å². The van der Waals surface area contributed by atoms with E-state index in [1.54, 1.807) is 13.8 Å². The van der Waals surface area contributed by atoms with Gasteiger partial charge in [0.05, 0.1) is 6.04 Å². The van der Waals surface area contributed by atoms with Crippen molar-refractivity contribution in [2.75, 3.05) is 18.9 Å². The van der Waals surface area contributed by atoms with E-state index in [-0.39, 0.29) is 23.3 Å². The van der Waals surface area contributed by atoms with Gasteiger partial charge in [-0.1, -0.05) is 5.16 Å². The van der Waals surface area contributed by atoms with Crippen LogP contribution in [0.1, 0.15) is 19.7 Å². The van der Waals surface area contributed by atoms with Gasteiger partial charge in [-0.05, 0) is 13.8 Å². The maximum Gasteiger partial charge on any atom is 0.332 e. The number of carboxylic acids is 1. The van der Waals surface area contributed by atoms with Crippen LogP contribution in [0, 0.1) is 0 Å². The number of hydrogen-bond donors (Lipinski definition) is 3. The summed E-state index contributed by atoms with van der Waals surface area (Å²) in [6, 6.07) is -1.46. The average molecular weight is 372 g/mol. The Bertz CT molecular complexity index is 706. The van der Waals surface area contributed by atoms with Crippen molar-refractivity contribution in [3.63, 3.8) is 0 Å². The standard InChI is InChI=1S/C12H16N6O6S/c1-3-23-16-8(9-15-12(13)25-17-9)10(21)14-7-5(2)18(11(7)22)24-4-6(19)20/h5,7H,3-4H2,1-2H3,(H,14,21)(H,19,20)(H2,13,15,17)/b16-8-/t5-,7-/m0/s1. The second-order valence-electron chi connectivity index (χ2n) is 4.84. The Labute approximate surface area is 145 Å². The molecule has 0 saturated carbocycles. The number of aromatic nitrogens is 2. The van der Waals surface area contributed by atoms with Crippen molar-refractivity contribution < 1.29 is 29.2 Å². The number of oxime groups is 1. The normalized spacial score (nSPS) is 20.2. The lowest BCUT2D eigenvalue weighted by Crippen LogP contribution is -2.70. The third kappa shape index (κ3) is 4.19. The number of nitrogens with zero attached hydrogens (tertiary/aromatic N) is 4. The molecule has 2 amide bonds. The van der Waals surface area contributed by atoms with Crippen molar-refractivity contribution in [2.24, 2.45) is 5.16 Å². The predicted molar refractivity (Wildman–Crippen MR) is 84.3 cm³/mol. The smallest absolute Gasteiger partial charge is 0.332 e. The Balaban J connectivity index is 2.04. The van der Waals surface area contributed by atoms with Gasteiger partial charge in [-0.3, -0.25) is 14.4 Å². The Kier molecular flexibility index (Phi) is 5.82. The van der Waals surface area contributed by atoms with E-state index in [0.29, 0.717) is 0 Å². The molecule has 25 heavy (non-hydrogen) atoms. The van der Waals surface area contributed by atoms with E-state index in [1.807, 2.05) is 0 Å². The summed E-state index contributed by atoms with van der Waals surface area (Å²) in [7, 11) is 0. The minimum Gasteiger partial charge on any atom is -0.479 e. The number of rotatable bonds is 8. The molecule has 1 aliphatic rings. The fourth-order valence-corrected chi connectivity index (χ4v) is 2.37. The largest absolute Gasteiger partial charge is 0.479 e. The number of carboxylic acid groups (broad SMARTS) is 1. The van der Waals surface area contributed by atoms with E-state index in [9.17, 15) is 14.4 Å². The summed E-state index contributed by atoms with van der Waals surface area (Å²) in [5, 5.41) is 15.7. The van der Waals surface area contributed by atoms with Gasteiger partial charge < -0.3 is 21.0 Å². The Hall–Kier alpha value is -2.80. The van der Waals surface area contributed by atoms with E-state index >= 15 is 0 Å². The zero-order valence-corrected chi connectivity index (χ0v) is 14.1. The molecule has 1 fully saturated rings. The molecule has 4 N–H and O–H groups in total. The van der Waals surface area contributed by atoms with Crippen LogP contribution in [-0.2, 0) is 24.1 Å². The number of carbonyl (C=O) groups excluding carboxylic acids is 2. The van der Waals surface area contributed by atoms with Crippen molar-refractivity contribution in [1.29, 1.82) is 0 Å². The Morgan fingerprint density at radius 3 is 2.76 bits per heavy atom. The van der Waals surface area contributed by atoms with Gasteiger partial charge in [-0.25, -0.2) is 9.86 Å². The van der Waals surface area contributed by atoms with Gasteiger partial charge in [0.15, 0.2) is 11.7 Å². The van der Waals surface area contributed by atoms with Gasteiger partial charge in [-0.15, -0.1) is 0 Å². The van der Waals surface area contributed by atoms with E-state index < -0.39 is 36.5 Å². The number of nitrogens with two attached hydrogens (primary N) is 1. The highest BCUT2D eigenvalue weighted by molar-refractivity contribution is 7.09. The van der Waals surface area contributed by atoms with Crippen LogP contribution in [0.25, 0.3) is 0 Å². The number of hydrogen-bond acceptors (Lipinski definition) is 10. The predicted octanol–water partition coefficient (Wildman–Crippen LogP) is -1.41. The summed E-state index contributed by atoms with van der Waals surface area (Å²) in [6.45, 7) is 2.82. The number of nitrogens with one attached hydrogen (secondary N) is 1. The van der Waals surface area contributed by atoms with Crippen molar-refractivity contribution in [2.45, 2.75) is 25.9 Å². The second-order valence-corrected chi connectivity index (χ2v) is 5.62. The van der Waals surface area contributed by atoms with Crippen LogP contribution in [-0.4, -0.2) is 68.3 Å². The minimum absolute atomic E-state index is 0.0214. The molecule has 2 atom stereocenters. The van der Waals surface area contributed by atoms with Gasteiger partial charge in [0.25, 0.3) is 11.8 Å². The van der Waals surface area contributed by atoms with E-state index in [2.05, 4.69) is 19.8 Å². The highest BCUT2D eigenvalue weighted by Crippen LogP contribution is 2.20. The van der Waals surface area contributed by atoms with Crippen molar-refractivity contribution in [3.05, 3.63) is 5.82 Å². The molecule has 1 saturated heterocycles. The van der Waals surface area contributed by atoms with E-state index in [1.165, 1.54) is 0 Å². The van der Waals surface area contributed by atoms with Gasteiger partial charge in [-0.2, -0.15) is 9.36 Å². The summed E-state index contributed by atoms with van der Waals surface area (Å²) in [5.41, 5.74) is 5.27. The molecule has 0 unspecified atom stereocenters. The maximum absolute atomic E-state index is 12.4. The van der Waals surface area contributed by atoms with E-state index in [0.717, 1.165) is 16.6 Å². The lowest BCUT2D eigenvalue weighted by Gasteiger charge is -2.43. The fraction of sp³-hybridized carbons (Fsp3) is 0.500. The molecule has 0 bridgehead atoms. The number of nitrogen functional groups attached to an aromatic ring is 1. The first-order valence-corrected chi connectivity index (χ1v) is 7.90. The summed E-state index contributed by atoms with van der Waals surface area (Å²) in [4.78, 5) is 48.4. The zero-order chi connectivity index (χ0) is 18.6. The quantitative estimate of drug-likeness (QED) is 0.282. The molecule has 13 heteroatoms. The first kappa shape index (κ1) is 18.5. The maximum atomic E-state index is 12.4. The third-order valence-corrected chi connectivity index (χ3v) is 3.65. The number of amides is 2. The van der Waals surface area contributed by atoms with Crippen LogP contribution in [0.3, 0.4) is 0 Å². The molecule has 136 valence electrons. The first-order chi connectivity index (χ1) is 11.8. The SMILES string of the molecule is CCO/N=C(\C(=O)N[C@@H]1C(=O)N(OCC(=O)O)[C@H]1C)c1nsc(N)n1. The molecule has 0 aromatic carbocycles. The summed E-state index contributed by atoms with van der Waals surface area (Å²) in [5.74, 6) is -2.55. The highest BCUT2D eigenvalue weighted by Gasteiger charge is 2.47. The summed E-state index contributed by atoms with van der Waals surface area (Å²) >= 11 is 0.883. The lowest BCUT2D eigenvalue weighted by atomic mass is 10.00. The van der Waals surface area contributed by atoms with Crippen molar-refractivity contribution in [1.82, 2.24) is 19.7 Å². The molecule has 1 aromatic rings. The topological polar surface area (TPSA) is 169 Å². The number of carbonyl (C=O) groups is 3. The number of anilines is 1. The third-order valence-electron chi connectivity index (χ3n) is 3.10. The molecule has 2 rings (SSSR count). The van der Waals surface area contributed by atoms with Crippen molar-refractivity contribution >= 4 is 40.2 Å². The lowest BCUT2D eigenvalue weighted by molar-refractivity contribution is -0.233. The molecule has 12 nitrogen and oxygen atoms in total. The van der Waals surface area contributed by atoms with Crippen LogP contribution >= 0.6 is 11.5 Å². The van der Waals surface area contributed by atoms with E-state index in [4.69, 9.17) is 20.5 Å². The van der Waals surface area contributed by atoms with Crippen LogP contribution in [0.15, 0.2) is 5.16 Å². The first-order valence-electron chi connectivity index (χ1n) is 7.13. The highest BCUT2D eigenvalue weighted by atomic mass is 32.1. The minimum atomic E-state index is -1.22. The van der Waals surface area contributed by atoms with Gasteiger partial charge in [0, 0.05) is 11.5 Å². The molecule has 0 aliphatic carbocycles. The zero-order valence-electron chi connectivity index (χ0n) is 13.3. The summed E-state index contributed by atoms with van der Waals surface area (Å²) in [6.07, 6.45) is 0. The van der Waals surface area contributed by atoms with Crippen LogP contribution in [0.4, 0.5) is 5.13 Å². The molecule has 1 aliphatic heterocycles. The van der Waals surface area contributed by atoms with Crippen LogP contribution in [0.5, 0.6) is 0 Å². The van der Waals surface area contributed by atoms with Gasteiger partial charge in [0.1, 0.15) is 12.6 Å². The number of hydroxylamine groups is 2. The van der Waals surface area contributed by atoms with Gasteiger partial charge in [0.2, 0.25) is 11.5 Å². The molecule has 0 spiro atoms. The number of aliphatic carboxylic acids is 1. The molecular weight excluding hydrogens is 356 g/mol. The Morgan fingerprint density at radius 2 is 2.24 bits per heavy atom. The second kappa shape index (κ2) is 7.85. The van der Waals surface area contributed by atoms with Crippen LogP contribution in [0.2, 0.25) is 0 Å². The molecule has 1 aromatic heterocycles. The van der Waals surface area contributed by atoms with Crippen LogP contribution < -0.4 is 11.1 Å². The fourth-order valence-electron chi connectivity index (χ4n) is 1.94. The number of β-lactam (4-membered cyclic amide) rings is 1. The van der Waals surface area contributed by atoms with Crippen molar-refractivity contribution in [3.8, 4) is 0 Å². The Morgan fingerprint density at radius 1 is 1.52 bits per heavy atom. The molecule has 0 radical (unpaired) electrons. The average Bonchev–Trinajstić information content (AvgIpc) is 2.99. The molecule has 2 heterocycles. The monoisotopic (exact) mass is 372 g/mol. The summed E-state index contributed by atoms with van der Waals surface area (Å²) < 4.78 is 3.89. The molecular formula is C12H16N6O6S.